The summed E-state index contributed by atoms with van der Waals surface area (Å²) < 4.78 is 0. The lowest BCUT2D eigenvalue weighted by Crippen LogP contribution is -2.34. The summed E-state index contributed by atoms with van der Waals surface area (Å²) in [5, 5.41) is 3.51. The zero-order valence-electron chi connectivity index (χ0n) is 9.69. The summed E-state index contributed by atoms with van der Waals surface area (Å²) in [6.07, 6.45) is 4.13. The van der Waals surface area contributed by atoms with E-state index in [1.54, 1.807) is 0 Å². The van der Waals surface area contributed by atoms with Gasteiger partial charge in [-0.05, 0) is 49.6 Å². The Morgan fingerprint density at radius 2 is 1.54 bits per heavy atom. The summed E-state index contributed by atoms with van der Waals surface area (Å²) in [7, 11) is 0. The van der Waals surface area contributed by atoms with Crippen molar-refractivity contribution in [3.63, 3.8) is 0 Å². The smallest absolute Gasteiger partial charge is 0.00434 e. The van der Waals surface area contributed by atoms with Crippen LogP contribution in [0, 0.1) is 17.3 Å². The summed E-state index contributed by atoms with van der Waals surface area (Å²) in [5.74, 6) is 1.65. The second kappa shape index (κ2) is 4.45. The van der Waals surface area contributed by atoms with E-state index in [-0.39, 0.29) is 0 Å². The Morgan fingerprint density at radius 1 is 0.923 bits per heavy atom. The highest BCUT2D eigenvalue weighted by molar-refractivity contribution is 4.87. The molecule has 0 amide bonds. The molecule has 1 aliphatic rings. The Bertz CT molecular complexity index is 131. The van der Waals surface area contributed by atoms with Crippen LogP contribution in [0.1, 0.15) is 47.0 Å². The highest BCUT2D eigenvalue weighted by Gasteiger charge is 2.36. The normalized spacial score (nSPS) is 23.5. The minimum atomic E-state index is 0.601. The molecule has 0 unspecified atom stereocenters. The molecule has 1 heterocycles. The van der Waals surface area contributed by atoms with Gasteiger partial charge in [0, 0.05) is 0 Å². The first-order valence-electron chi connectivity index (χ1n) is 5.80. The molecule has 0 aromatic rings. The molecule has 0 aliphatic carbocycles. The first kappa shape index (κ1) is 11.0. The van der Waals surface area contributed by atoms with E-state index < -0.39 is 0 Å². The maximum atomic E-state index is 3.51. The van der Waals surface area contributed by atoms with Crippen molar-refractivity contribution >= 4 is 0 Å². The van der Waals surface area contributed by atoms with E-state index in [0.717, 1.165) is 11.8 Å². The fourth-order valence-electron chi connectivity index (χ4n) is 2.93. The minimum Gasteiger partial charge on any atom is -0.317 e. The van der Waals surface area contributed by atoms with Gasteiger partial charge in [-0.1, -0.05) is 27.7 Å². The maximum Gasteiger partial charge on any atom is -0.00434 e. The van der Waals surface area contributed by atoms with Crippen molar-refractivity contribution in [1.82, 2.24) is 5.32 Å². The number of hydrogen-bond donors (Lipinski definition) is 1. The van der Waals surface area contributed by atoms with Gasteiger partial charge in [0.1, 0.15) is 0 Å². The Balaban J connectivity index is 2.74. The second-order valence-electron chi connectivity index (χ2n) is 5.15. The Morgan fingerprint density at radius 3 is 2.08 bits per heavy atom. The van der Waals surface area contributed by atoms with Gasteiger partial charge < -0.3 is 5.32 Å². The van der Waals surface area contributed by atoms with Gasteiger partial charge in [-0.2, -0.15) is 0 Å². The van der Waals surface area contributed by atoms with E-state index in [1.807, 2.05) is 0 Å². The van der Waals surface area contributed by atoms with Crippen LogP contribution in [-0.2, 0) is 0 Å². The third-order valence-electron chi connectivity index (χ3n) is 4.06. The monoisotopic (exact) mass is 183 g/mol. The van der Waals surface area contributed by atoms with Gasteiger partial charge >= 0.3 is 0 Å². The molecule has 0 aromatic heterocycles. The Hall–Kier alpha value is -0.0400. The summed E-state index contributed by atoms with van der Waals surface area (Å²) in [4.78, 5) is 0. The van der Waals surface area contributed by atoms with Crippen molar-refractivity contribution in [3.05, 3.63) is 0 Å². The molecule has 1 saturated heterocycles. The van der Waals surface area contributed by atoms with E-state index in [9.17, 15) is 0 Å². The van der Waals surface area contributed by atoms with Crippen LogP contribution in [0.2, 0.25) is 0 Å². The third kappa shape index (κ3) is 2.25. The van der Waals surface area contributed by atoms with Crippen LogP contribution in [0.4, 0.5) is 0 Å². The Kier molecular flexibility index (Phi) is 3.78. The lowest BCUT2D eigenvalue weighted by molar-refractivity contribution is 0.0930. The molecule has 13 heavy (non-hydrogen) atoms. The van der Waals surface area contributed by atoms with Crippen molar-refractivity contribution in [2.24, 2.45) is 17.3 Å². The van der Waals surface area contributed by atoms with Crippen LogP contribution < -0.4 is 5.32 Å². The summed E-state index contributed by atoms with van der Waals surface area (Å²) in [5.41, 5.74) is 0.601. The van der Waals surface area contributed by atoms with Gasteiger partial charge in [0.2, 0.25) is 0 Å². The standard InChI is InChI=1S/C12H25N/c1-10(2)12(11(3)4)6-5-8-13-9-7-12/h10-11,13H,5-9H2,1-4H3. The first-order chi connectivity index (χ1) is 6.09. The number of rotatable bonds is 2. The average molecular weight is 183 g/mol. The van der Waals surface area contributed by atoms with Crippen molar-refractivity contribution in [2.45, 2.75) is 47.0 Å². The zero-order valence-corrected chi connectivity index (χ0v) is 9.69. The third-order valence-corrected chi connectivity index (χ3v) is 4.06. The highest BCUT2D eigenvalue weighted by atomic mass is 14.9. The van der Waals surface area contributed by atoms with Crippen LogP contribution in [-0.4, -0.2) is 13.1 Å². The van der Waals surface area contributed by atoms with Crippen LogP contribution in [0.5, 0.6) is 0 Å². The van der Waals surface area contributed by atoms with Gasteiger partial charge in [0.15, 0.2) is 0 Å². The van der Waals surface area contributed by atoms with E-state index >= 15 is 0 Å². The van der Waals surface area contributed by atoms with Crippen LogP contribution in [0.25, 0.3) is 0 Å². The van der Waals surface area contributed by atoms with Gasteiger partial charge in [0.25, 0.3) is 0 Å². The SMILES string of the molecule is CC(C)C1(C(C)C)CCCNCC1. The molecular weight excluding hydrogens is 158 g/mol. The fraction of sp³-hybridized carbons (Fsp3) is 1.00. The summed E-state index contributed by atoms with van der Waals surface area (Å²) in [6, 6.07) is 0. The van der Waals surface area contributed by atoms with Gasteiger partial charge in [0.05, 0.1) is 0 Å². The summed E-state index contributed by atoms with van der Waals surface area (Å²) >= 11 is 0. The molecule has 0 atom stereocenters. The molecule has 78 valence electrons. The molecule has 0 radical (unpaired) electrons. The highest BCUT2D eigenvalue weighted by Crippen LogP contribution is 2.43. The van der Waals surface area contributed by atoms with Crippen LogP contribution >= 0.6 is 0 Å². The van der Waals surface area contributed by atoms with Gasteiger partial charge in [-0.15, -0.1) is 0 Å². The van der Waals surface area contributed by atoms with Crippen molar-refractivity contribution in [3.8, 4) is 0 Å². The van der Waals surface area contributed by atoms with Crippen LogP contribution in [0.3, 0.4) is 0 Å². The summed E-state index contributed by atoms with van der Waals surface area (Å²) in [6.45, 7) is 12.0. The van der Waals surface area contributed by atoms with E-state index in [4.69, 9.17) is 0 Å². The molecule has 1 rings (SSSR count). The quantitative estimate of drug-likeness (QED) is 0.694. The lowest BCUT2D eigenvalue weighted by atomic mass is 9.64. The largest absolute Gasteiger partial charge is 0.317 e. The second-order valence-corrected chi connectivity index (χ2v) is 5.15. The van der Waals surface area contributed by atoms with E-state index in [1.165, 1.54) is 32.4 Å². The van der Waals surface area contributed by atoms with Gasteiger partial charge in [-0.3, -0.25) is 0 Å². The Labute approximate surface area is 83.3 Å². The molecular formula is C12H25N. The van der Waals surface area contributed by atoms with E-state index in [0.29, 0.717) is 5.41 Å². The topological polar surface area (TPSA) is 12.0 Å². The molecule has 1 N–H and O–H groups in total. The molecule has 0 bridgehead atoms. The fourth-order valence-corrected chi connectivity index (χ4v) is 2.93. The molecule has 1 aliphatic heterocycles. The molecule has 0 saturated carbocycles. The average Bonchev–Trinajstić information content (AvgIpc) is 2.28. The number of nitrogens with one attached hydrogen (secondary N) is 1. The predicted octanol–water partition coefficient (Wildman–Crippen LogP) is 3.06. The first-order valence-corrected chi connectivity index (χ1v) is 5.80. The zero-order chi connectivity index (χ0) is 9.90. The van der Waals surface area contributed by atoms with Crippen molar-refractivity contribution in [1.29, 1.82) is 0 Å². The van der Waals surface area contributed by atoms with Crippen molar-refractivity contribution in [2.75, 3.05) is 13.1 Å². The lowest BCUT2D eigenvalue weighted by Gasteiger charge is -2.41. The molecule has 1 fully saturated rings. The molecule has 0 aromatic carbocycles. The van der Waals surface area contributed by atoms with Crippen LogP contribution in [0.15, 0.2) is 0 Å². The number of hydrogen-bond acceptors (Lipinski definition) is 1. The molecule has 0 spiro atoms. The minimum absolute atomic E-state index is 0.601. The van der Waals surface area contributed by atoms with E-state index in [2.05, 4.69) is 33.0 Å². The predicted molar refractivity (Wildman–Crippen MR) is 58.8 cm³/mol. The van der Waals surface area contributed by atoms with Gasteiger partial charge in [-0.25, -0.2) is 0 Å². The molecule has 1 heteroatoms. The van der Waals surface area contributed by atoms with Crippen molar-refractivity contribution < 1.29 is 0 Å². The molecule has 1 nitrogen and oxygen atoms in total. The maximum absolute atomic E-state index is 3.51.